The molecule has 0 spiro atoms. The van der Waals surface area contributed by atoms with E-state index >= 15 is 0 Å². The summed E-state index contributed by atoms with van der Waals surface area (Å²) < 4.78 is 5.28. The van der Waals surface area contributed by atoms with Gasteiger partial charge in [0.05, 0.1) is 7.11 Å². The molecule has 1 aromatic carbocycles. The second-order valence-electron chi connectivity index (χ2n) is 3.30. The van der Waals surface area contributed by atoms with E-state index in [0.717, 1.165) is 22.4 Å². The summed E-state index contributed by atoms with van der Waals surface area (Å²) in [7, 11) is 1.64. The fourth-order valence-electron chi connectivity index (χ4n) is 1.55. The van der Waals surface area contributed by atoms with E-state index in [1.165, 1.54) is 0 Å². The zero-order valence-corrected chi connectivity index (χ0v) is 8.97. The highest BCUT2D eigenvalue weighted by atomic mass is 16.5. The van der Waals surface area contributed by atoms with Gasteiger partial charge in [-0.05, 0) is 23.8 Å². The summed E-state index contributed by atoms with van der Waals surface area (Å²) in [4.78, 5) is 4.09. The van der Waals surface area contributed by atoms with Crippen LogP contribution in [0.5, 0.6) is 5.75 Å². The average Bonchev–Trinajstić information content (AvgIpc) is 2.38. The second-order valence-corrected chi connectivity index (χ2v) is 3.30. The Hall–Kier alpha value is -2.27. The van der Waals surface area contributed by atoms with Gasteiger partial charge in [-0.25, -0.2) is 0 Å². The largest absolute Gasteiger partial charge is 0.496 e. The summed E-state index contributed by atoms with van der Waals surface area (Å²) in [5.41, 5.74) is 2.81. The van der Waals surface area contributed by atoms with Crippen LogP contribution in [-0.2, 0) is 0 Å². The summed E-state index contributed by atoms with van der Waals surface area (Å²) >= 11 is 0. The van der Waals surface area contributed by atoms with E-state index in [1.54, 1.807) is 19.5 Å². The lowest BCUT2D eigenvalue weighted by atomic mass is 10.0. The molecule has 1 aromatic heterocycles. The summed E-state index contributed by atoms with van der Waals surface area (Å²) in [6.45, 7) is 0. The highest BCUT2D eigenvalue weighted by Crippen LogP contribution is 2.28. The molecular formula is C14H11NO. The van der Waals surface area contributed by atoms with Gasteiger partial charge in [-0.3, -0.25) is 4.98 Å². The molecule has 0 aliphatic rings. The van der Waals surface area contributed by atoms with E-state index < -0.39 is 0 Å². The van der Waals surface area contributed by atoms with Crippen molar-refractivity contribution in [1.29, 1.82) is 0 Å². The third-order valence-electron chi connectivity index (χ3n) is 2.34. The minimum absolute atomic E-state index is 0.796. The van der Waals surface area contributed by atoms with Gasteiger partial charge < -0.3 is 4.74 Å². The molecule has 0 radical (unpaired) electrons. The van der Waals surface area contributed by atoms with Crippen molar-refractivity contribution >= 4 is 0 Å². The second kappa shape index (κ2) is 4.50. The number of nitrogens with zero attached hydrogens (tertiary/aromatic N) is 1. The SMILES string of the molecule is C#Cc1cccc(-c2cnccc2OC)c1. The maximum atomic E-state index is 5.37. The van der Waals surface area contributed by atoms with Crippen LogP contribution in [0, 0.1) is 12.3 Å². The predicted octanol–water partition coefficient (Wildman–Crippen LogP) is 2.74. The smallest absolute Gasteiger partial charge is 0.129 e. The topological polar surface area (TPSA) is 22.1 Å². The molecule has 0 atom stereocenters. The van der Waals surface area contributed by atoms with E-state index in [-0.39, 0.29) is 0 Å². The Morgan fingerprint density at radius 1 is 1.31 bits per heavy atom. The van der Waals surface area contributed by atoms with Crippen LogP contribution in [0.3, 0.4) is 0 Å². The Kier molecular flexibility index (Phi) is 2.88. The monoisotopic (exact) mass is 209 g/mol. The Labute approximate surface area is 94.9 Å². The minimum atomic E-state index is 0.796. The molecule has 0 fully saturated rings. The molecule has 2 aromatic rings. The summed E-state index contributed by atoms with van der Waals surface area (Å²) in [5, 5.41) is 0. The number of ether oxygens (including phenoxy) is 1. The van der Waals surface area contributed by atoms with Gasteiger partial charge in [0.15, 0.2) is 0 Å². The molecular weight excluding hydrogens is 198 g/mol. The van der Waals surface area contributed by atoms with Crippen LogP contribution in [0.15, 0.2) is 42.7 Å². The molecule has 0 aliphatic heterocycles. The van der Waals surface area contributed by atoms with Crippen LogP contribution in [0.25, 0.3) is 11.1 Å². The number of terminal acetylenes is 1. The van der Waals surface area contributed by atoms with Crippen LogP contribution < -0.4 is 4.74 Å². The summed E-state index contributed by atoms with van der Waals surface area (Å²) in [6.07, 6.45) is 8.84. The number of benzene rings is 1. The first-order valence-electron chi connectivity index (χ1n) is 4.90. The fourth-order valence-corrected chi connectivity index (χ4v) is 1.55. The van der Waals surface area contributed by atoms with Gasteiger partial charge in [0.1, 0.15) is 5.75 Å². The van der Waals surface area contributed by atoms with Gasteiger partial charge in [-0.1, -0.05) is 18.1 Å². The molecule has 1 heterocycles. The molecule has 2 rings (SSSR count). The van der Waals surface area contributed by atoms with E-state index in [1.807, 2.05) is 30.3 Å². The van der Waals surface area contributed by atoms with Crippen LogP contribution in [0.4, 0.5) is 0 Å². The molecule has 0 bridgehead atoms. The third kappa shape index (κ3) is 1.89. The van der Waals surface area contributed by atoms with E-state index in [0.29, 0.717) is 0 Å². The van der Waals surface area contributed by atoms with Gasteiger partial charge in [0, 0.05) is 23.5 Å². The van der Waals surface area contributed by atoms with Crippen molar-refractivity contribution in [3.63, 3.8) is 0 Å². The average molecular weight is 209 g/mol. The fraction of sp³-hybridized carbons (Fsp3) is 0.0714. The number of hydrogen-bond acceptors (Lipinski definition) is 2. The standard InChI is InChI=1S/C14H11NO/c1-3-11-5-4-6-12(9-11)13-10-15-8-7-14(13)16-2/h1,4-10H,2H3. The van der Waals surface area contributed by atoms with Gasteiger partial charge in [0.2, 0.25) is 0 Å². The molecule has 16 heavy (non-hydrogen) atoms. The van der Waals surface area contributed by atoms with E-state index in [9.17, 15) is 0 Å². The molecule has 0 saturated carbocycles. The van der Waals surface area contributed by atoms with Crippen molar-refractivity contribution < 1.29 is 4.74 Å². The zero-order chi connectivity index (χ0) is 11.4. The lowest BCUT2D eigenvalue weighted by molar-refractivity contribution is 0.416. The molecule has 0 saturated heterocycles. The molecule has 2 nitrogen and oxygen atoms in total. The van der Waals surface area contributed by atoms with Crippen molar-refractivity contribution in [3.05, 3.63) is 48.3 Å². The number of pyridine rings is 1. The van der Waals surface area contributed by atoms with Crippen LogP contribution >= 0.6 is 0 Å². The maximum Gasteiger partial charge on any atom is 0.129 e. The Morgan fingerprint density at radius 2 is 2.19 bits per heavy atom. The number of rotatable bonds is 2. The van der Waals surface area contributed by atoms with Gasteiger partial charge in [0.25, 0.3) is 0 Å². The highest BCUT2D eigenvalue weighted by Gasteiger charge is 2.05. The lowest BCUT2D eigenvalue weighted by Gasteiger charge is -2.07. The Morgan fingerprint density at radius 3 is 2.94 bits per heavy atom. The Bertz CT molecular complexity index is 540. The third-order valence-corrected chi connectivity index (χ3v) is 2.34. The molecule has 78 valence electrons. The van der Waals surface area contributed by atoms with Crippen molar-refractivity contribution in [2.24, 2.45) is 0 Å². The van der Waals surface area contributed by atoms with E-state index in [4.69, 9.17) is 11.2 Å². The van der Waals surface area contributed by atoms with Gasteiger partial charge in [-0.2, -0.15) is 0 Å². The van der Waals surface area contributed by atoms with Gasteiger partial charge in [-0.15, -0.1) is 6.42 Å². The van der Waals surface area contributed by atoms with Crippen molar-refractivity contribution in [3.8, 4) is 29.2 Å². The number of methoxy groups -OCH3 is 1. The first-order valence-corrected chi connectivity index (χ1v) is 4.90. The van der Waals surface area contributed by atoms with Crippen molar-refractivity contribution in [1.82, 2.24) is 4.98 Å². The minimum Gasteiger partial charge on any atom is -0.496 e. The summed E-state index contributed by atoms with van der Waals surface area (Å²) in [5.74, 6) is 3.41. The van der Waals surface area contributed by atoms with Crippen molar-refractivity contribution in [2.75, 3.05) is 7.11 Å². The number of hydrogen-bond donors (Lipinski definition) is 0. The van der Waals surface area contributed by atoms with Crippen LogP contribution in [0.2, 0.25) is 0 Å². The van der Waals surface area contributed by atoms with Gasteiger partial charge >= 0.3 is 0 Å². The zero-order valence-electron chi connectivity index (χ0n) is 8.97. The first-order chi connectivity index (χ1) is 7.85. The maximum absolute atomic E-state index is 5.37. The Balaban J connectivity index is 2.54. The van der Waals surface area contributed by atoms with Crippen LogP contribution in [0.1, 0.15) is 5.56 Å². The molecule has 0 amide bonds. The van der Waals surface area contributed by atoms with Crippen LogP contribution in [-0.4, -0.2) is 12.1 Å². The first kappa shape index (κ1) is 10.3. The molecule has 2 heteroatoms. The normalized spacial score (nSPS) is 9.50. The molecule has 0 aliphatic carbocycles. The van der Waals surface area contributed by atoms with E-state index in [2.05, 4.69) is 10.9 Å². The predicted molar refractivity (Wildman–Crippen MR) is 64.2 cm³/mol. The number of aromatic nitrogens is 1. The summed E-state index contributed by atoms with van der Waals surface area (Å²) in [6, 6.07) is 9.58. The quantitative estimate of drug-likeness (QED) is 0.709. The van der Waals surface area contributed by atoms with Crippen molar-refractivity contribution in [2.45, 2.75) is 0 Å². The highest BCUT2D eigenvalue weighted by molar-refractivity contribution is 5.70. The molecule has 0 N–H and O–H groups in total. The molecule has 0 unspecified atom stereocenters. The lowest BCUT2D eigenvalue weighted by Crippen LogP contribution is -1.89.